The second-order valence-electron chi connectivity index (χ2n) is 4.61. The molecule has 2 heterocycles. The SMILES string of the molecule is Clc1c2ncccc2cc2[nH]c(-c3ccccc3)nc12. The number of aromatic nitrogens is 3. The molecule has 96 valence electrons. The molecule has 0 aliphatic carbocycles. The highest BCUT2D eigenvalue weighted by atomic mass is 35.5. The van der Waals surface area contributed by atoms with E-state index in [2.05, 4.69) is 15.0 Å². The Morgan fingerprint density at radius 2 is 1.80 bits per heavy atom. The lowest BCUT2D eigenvalue weighted by Crippen LogP contribution is -1.81. The third kappa shape index (κ3) is 1.67. The van der Waals surface area contributed by atoms with Crippen molar-refractivity contribution in [3.63, 3.8) is 0 Å². The van der Waals surface area contributed by atoms with Gasteiger partial charge in [-0.25, -0.2) is 4.98 Å². The summed E-state index contributed by atoms with van der Waals surface area (Å²) in [5.41, 5.74) is 3.51. The molecule has 0 aliphatic heterocycles. The summed E-state index contributed by atoms with van der Waals surface area (Å²) in [7, 11) is 0. The summed E-state index contributed by atoms with van der Waals surface area (Å²) in [6, 6.07) is 15.9. The van der Waals surface area contributed by atoms with Crippen LogP contribution in [0.3, 0.4) is 0 Å². The second-order valence-corrected chi connectivity index (χ2v) is 4.99. The van der Waals surface area contributed by atoms with E-state index in [9.17, 15) is 0 Å². The molecule has 4 aromatic rings. The van der Waals surface area contributed by atoms with Crippen LogP contribution in [0.4, 0.5) is 0 Å². The molecule has 0 bridgehead atoms. The molecule has 0 fully saturated rings. The Morgan fingerprint density at radius 3 is 2.65 bits per heavy atom. The molecule has 0 radical (unpaired) electrons. The first-order valence-corrected chi connectivity index (χ1v) is 6.69. The van der Waals surface area contributed by atoms with Crippen molar-refractivity contribution >= 4 is 33.5 Å². The number of nitrogens with zero attached hydrogens (tertiary/aromatic N) is 2. The number of fused-ring (bicyclic) bond motifs is 2. The van der Waals surface area contributed by atoms with Crippen molar-refractivity contribution in [1.29, 1.82) is 0 Å². The number of hydrogen-bond acceptors (Lipinski definition) is 2. The molecule has 2 aromatic heterocycles. The van der Waals surface area contributed by atoms with Gasteiger partial charge >= 0.3 is 0 Å². The molecule has 0 aliphatic rings. The Labute approximate surface area is 120 Å². The number of halogens is 1. The Morgan fingerprint density at radius 1 is 0.950 bits per heavy atom. The van der Waals surface area contributed by atoms with Crippen molar-refractivity contribution in [1.82, 2.24) is 15.0 Å². The lowest BCUT2D eigenvalue weighted by Gasteiger charge is -1.99. The predicted octanol–water partition coefficient (Wildman–Crippen LogP) is 4.43. The van der Waals surface area contributed by atoms with Gasteiger partial charge in [0, 0.05) is 17.1 Å². The Kier molecular flexibility index (Phi) is 2.47. The number of rotatable bonds is 1. The third-order valence-corrected chi connectivity index (χ3v) is 3.69. The number of imidazole rings is 1. The smallest absolute Gasteiger partial charge is 0.138 e. The maximum atomic E-state index is 6.43. The van der Waals surface area contributed by atoms with E-state index in [0.717, 1.165) is 33.3 Å². The van der Waals surface area contributed by atoms with Crippen molar-refractivity contribution in [3.8, 4) is 11.4 Å². The van der Waals surface area contributed by atoms with E-state index in [-0.39, 0.29) is 0 Å². The van der Waals surface area contributed by atoms with Gasteiger partial charge in [0.15, 0.2) is 0 Å². The minimum absolute atomic E-state index is 0.594. The monoisotopic (exact) mass is 279 g/mol. The molecule has 4 rings (SSSR count). The average Bonchev–Trinajstić information content (AvgIpc) is 2.93. The van der Waals surface area contributed by atoms with Crippen LogP contribution < -0.4 is 0 Å². The first-order valence-electron chi connectivity index (χ1n) is 6.31. The van der Waals surface area contributed by atoms with Crippen LogP contribution >= 0.6 is 11.6 Å². The fourth-order valence-corrected chi connectivity index (χ4v) is 2.68. The van der Waals surface area contributed by atoms with Crippen LogP contribution in [0.2, 0.25) is 5.02 Å². The Bertz CT molecular complexity index is 913. The molecule has 4 heteroatoms. The van der Waals surface area contributed by atoms with E-state index >= 15 is 0 Å². The summed E-state index contributed by atoms with van der Waals surface area (Å²) in [6.45, 7) is 0. The average molecular weight is 280 g/mol. The minimum atomic E-state index is 0.594. The van der Waals surface area contributed by atoms with E-state index < -0.39 is 0 Å². The van der Waals surface area contributed by atoms with Gasteiger partial charge in [-0.1, -0.05) is 48.0 Å². The molecule has 3 nitrogen and oxygen atoms in total. The van der Waals surface area contributed by atoms with Crippen molar-refractivity contribution in [2.45, 2.75) is 0 Å². The predicted molar refractivity (Wildman–Crippen MR) is 81.8 cm³/mol. The fourth-order valence-electron chi connectivity index (χ4n) is 2.38. The highest BCUT2D eigenvalue weighted by molar-refractivity contribution is 6.39. The number of pyridine rings is 1. The molecule has 0 unspecified atom stereocenters. The molecule has 1 N–H and O–H groups in total. The topological polar surface area (TPSA) is 41.6 Å². The van der Waals surface area contributed by atoms with Gasteiger partial charge in [0.1, 0.15) is 11.3 Å². The maximum absolute atomic E-state index is 6.43. The van der Waals surface area contributed by atoms with Gasteiger partial charge in [0.2, 0.25) is 0 Å². The molecule has 0 atom stereocenters. The molecule has 20 heavy (non-hydrogen) atoms. The first kappa shape index (κ1) is 11.4. The molecule has 0 spiro atoms. The van der Waals surface area contributed by atoms with Gasteiger partial charge in [-0.2, -0.15) is 0 Å². The number of benzene rings is 2. The van der Waals surface area contributed by atoms with Crippen LogP contribution in [-0.2, 0) is 0 Å². The number of H-pyrrole nitrogens is 1. The van der Waals surface area contributed by atoms with Crippen LogP contribution in [0, 0.1) is 0 Å². The molecule has 0 saturated heterocycles. The fraction of sp³-hybridized carbons (Fsp3) is 0. The van der Waals surface area contributed by atoms with Gasteiger partial charge in [-0.3, -0.25) is 4.98 Å². The highest BCUT2D eigenvalue weighted by Gasteiger charge is 2.12. The largest absolute Gasteiger partial charge is 0.338 e. The van der Waals surface area contributed by atoms with Gasteiger partial charge in [-0.15, -0.1) is 0 Å². The van der Waals surface area contributed by atoms with Crippen molar-refractivity contribution in [3.05, 3.63) is 59.8 Å². The molecular formula is C16H10ClN3. The third-order valence-electron chi connectivity index (χ3n) is 3.33. The van der Waals surface area contributed by atoms with Crippen LogP contribution in [0.5, 0.6) is 0 Å². The van der Waals surface area contributed by atoms with E-state index in [0.29, 0.717) is 5.02 Å². The van der Waals surface area contributed by atoms with Crippen molar-refractivity contribution < 1.29 is 0 Å². The summed E-state index contributed by atoms with van der Waals surface area (Å²) in [6.07, 6.45) is 1.74. The number of nitrogens with one attached hydrogen (secondary N) is 1. The zero-order valence-corrected chi connectivity index (χ0v) is 11.2. The number of hydrogen-bond donors (Lipinski definition) is 1. The standard InChI is InChI=1S/C16H10ClN3/c17-13-14-11(7-4-8-18-14)9-12-15(13)20-16(19-12)10-5-2-1-3-6-10/h1-9H,(H,19,20). The van der Waals surface area contributed by atoms with E-state index in [1.807, 2.05) is 48.5 Å². The van der Waals surface area contributed by atoms with Crippen LogP contribution in [-0.4, -0.2) is 15.0 Å². The van der Waals surface area contributed by atoms with E-state index in [1.165, 1.54) is 0 Å². The summed E-state index contributed by atoms with van der Waals surface area (Å²) < 4.78 is 0. The van der Waals surface area contributed by atoms with Gasteiger partial charge in [0.05, 0.1) is 16.1 Å². The van der Waals surface area contributed by atoms with Crippen molar-refractivity contribution in [2.24, 2.45) is 0 Å². The van der Waals surface area contributed by atoms with Crippen molar-refractivity contribution in [2.75, 3.05) is 0 Å². The maximum Gasteiger partial charge on any atom is 0.138 e. The zero-order valence-electron chi connectivity index (χ0n) is 10.5. The highest BCUT2D eigenvalue weighted by Crippen LogP contribution is 2.31. The zero-order chi connectivity index (χ0) is 13.5. The Hall–Kier alpha value is -2.39. The number of aromatic amines is 1. The summed E-state index contributed by atoms with van der Waals surface area (Å²) in [4.78, 5) is 12.3. The van der Waals surface area contributed by atoms with E-state index in [1.54, 1.807) is 6.20 Å². The Balaban J connectivity index is 2.04. The van der Waals surface area contributed by atoms with E-state index in [4.69, 9.17) is 11.6 Å². The van der Waals surface area contributed by atoms with Crippen LogP contribution in [0.25, 0.3) is 33.3 Å². The van der Waals surface area contributed by atoms with Gasteiger partial charge in [-0.05, 0) is 12.1 Å². The molecule has 0 amide bonds. The lowest BCUT2D eigenvalue weighted by atomic mass is 10.2. The normalized spacial score (nSPS) is 11.2. The first-order chi connectivity index (χ1) is 9.83. The summed E-state index contributed by atoms with van der Waals surface area (Å²) in [5, 5.41) is 1.60. The second kappa shape index (κ2) is 4.32. The van der Waals surface area contributed by atoms with Crippen LogP contribution in [0.1, 0.15) is 0 Å². The molecule has 0 saturated carbocycles. The minimum Gasteiger partial charge on any atom is -0.338 e. The van der Waals surface area contributed by atoms with Gasteiger partial charge in [0.25, 0.3) is 0 Å². The van der Waals surface area contributed by atoms with Gasteiger partial charge < -0.3 is 4.98 Å². The quantitative estimate of drug-likeness (QED) is 0.560. The lowest BCUT2D eigenvalue weighted by molar-refractivity contribution is 1.34. The molecular weight excluding hydrogens is 270 g/mol. The summed E-state index contributed by atoms with van der Waals surface area (Å²) in [5.74, 6) is 0.817. The van der Waals surface area contributed by atoms with Crippen LogP contribution in [0.15, 0.2) is 54.7 Å². The summed E-state index contributed by atoms with van der Waals surface area (Å²) >= 11 is 6.43. The molecule has 2 aromatic carbocycles.